The van der Waals surface area contributed by atoms with Gasteiger partial charge in [0.1, 0.15) is 5.83 Å². The molecule has 1 unspecified atom stereocenters. The van der Waals surface area contributed by atoms with Crippen molar-refractivity contribution in [2.45, 2.75) is 46.1 Å². The zero-order chi connectivity index (χ0) is 18.9. The molecule has 134 valence electrons. The number of fused-ring (bicyclic) bond motifs is 1. The summed E-state index contributed by atoms with van der Waals surface area (Å²) in [4.78, 5) is 12.9. The van der Waals surface area contributed by atoms with Crippen LogP contribution in [-0.2, 0) is 10.2 Å². The lowest BCUT2D eigenvalue weighted by Gasteiger charge is -2.28. The zero-order valence-corrected chi connectivity index (χ0v) is 15.7. The fourth-order valence-electron chi connectivity index (χ4n) is 3.22. The van der Waals surface area contributed by atoms with Gasteiger partial charge in [-0.3, -0.25) is 0 Å². The van der Waals surface area contributed by atoms with Gasteiger partial charge in [0.05, 0.1) is 0 Å². The Morgan fingerprint density at radius 1 is 1.28 bits per heavy atom. The predicted molar refractivity (Wildman–Crippen MR) is 102 cm³/mol. The van der Waals surface area contributed by atoms with Crippen LogP contribution >= 0.6 is 0 Å². The largest absolute Gasteiger partial charge is 0.478 e. The number of carbonyl (C=O) groups is 1. The highest BCUT2D eigenvalue weighted by molar-refractivity contribution is 5.81. The number of rotatable bonds is 4. The Balaban J connectivity index is 2.38. The number of carboxylic acids is 1. The number of halogens is 1. The second-order valence-electron chi connectivity index (χ2n) is 7.27. The highest BCUT2D eigenvalue weighted by Crippen LogP contribution is 2.45. The highest BCUT2D eigenvalue weighted by atomic mass is 19.1. The first-order valence-corrected chi connectivity index (χ1v) is 8.39. The topological polar surface area (TPSA) is 40.5 Å². The Morgan fingerprint density at radius 2 is 1.92 bits per heavy atom. The minimum absolute atomic E-state index is 0.00645. The minimum atomic E-state index is -1.04. The first-order valence-electron chi connectivity index (χ1n) is 8.39. The van der Waals surface area contributed by atoms with Crippen molar-refractivity contribution in [2.24, 2.45) is 0 Å². The van der Waals surface area contributed by atoms with Gasteiger partial charge in [-0.25, -0.2) is 9.18 Å². The van der Waals surface area contributed by atoms with E-state index in [2.05, 4.69) is 38.8 Å². The van der Waals surface area contributed by atoms with Crippen LogP contribution in [0.4, 0.5) is 10.1 Å². The third kappa shape index (κ3) is 3.68. The molecule has 0 spiro atoms. The molecule has 0 bridgehead atoms. The predicted octanol–water partition coefficient (Wildman–Crippen LogP) is 5.09. The van der Waals surface area contributed by atoms with E-state index in [1.807, 2.05) is 12.1 Å². The van der Waals surface area contributed by atoms with Crippen molar-refractivity contribution in [3.05, 3.63) is 59.0 Å². The maximum absolute atomic E-state index is 14.5. The molecule has 1 aromatic rings. The van der Waals surface area contributed by atoms with Gasteiger partial charge >= 0.3 is 5.97 Å². The van der Waals surface area contributed by atoms with E-state index in [0.29, 0.717) is 17.2 Å². The molecule has 0 saturated heterocycles. The molecule has 1 aliphatic heterocycles. The molecule has 4 heteroatoms. The summed E-state index contributed by atoms with van der Waals surface area (Å²) in [6.07, 6.45) is 3.84. The Bertz CT molecular complexity index is 787. The monoisotopic (exact) mass is 343 g/mol. The van der Waals surface area contributed by atoms with Crippen molar-refractivity contribution >= 4 is 17.2 Å². The first kappa shape index (κ1) is 19.0. The summed E-state index contributed by atoms with van der Waals surface area (Å²) in [6.45, 7) is 9.98. The molecule has 1 heterocycles. The highest BCUT2D eigenvalue weighted by Gasteiger charge is 2.40. The normalized spacial score (nSPS) is 20.7. The van der Waals surface area contributed by atoms with E-state index in [1.54, 1.807) is 13.8 Å². The van der Waals surface area contributed by atoms with Crippen molar-refractivity contribution in [2.75, 3.05) is 11.9 Å². The number of allylic oxidation sites excluding steroid dienone is 5. The molecule has 0 radical (unpaired) electrons. The summed E-state index contributed by atoms with van der Waals surface area (Å²) in [6, 6.07) is 6.42. The van der Waals surface area contributed by atoms with Gasteiger partial charge in [0.15, 0.2) is 0 Å². The molecular formula is C21H26FNO2. The molecule has 1 aromatic carbocycles. The number of likely N-dealkylation sites (N-methyl/N-ethyl adjacent to an activating group) is 1. The lowest BCUT2D eigenvalue weighted by Crippen LogP contribution is -2.36. The molecule has 0 fully saturated rings. The molecule has 0 aliphatic carbocycles. The van der Waals surface area contributed by atoms with Gasteiger partial charge in [0, 0.05) is 30.3 Å². The van der Waals surface area contributed by atoms with E-state index in [1.165, 1.54) is 23.4 Å². The van der Waals surface area contributed by atoms with Crippen LogP contribution in [0.1, 0.15) is 45.7 Å². The molecule has 1 atom stereocenters. The standard InChI is InChI=1S/C21H26FNO2/c1-13(11-20(24)25)7-9-18(22)14(2)16-8-10-19-17(12-16)21(4,5)15(3)23(19)6/h7-12,15H,1-6H3,(H,24,25). The van der Waals surface area contributed by atoms with Crippen LogP contribution in [0.2, 0.25) is 0 Å². The fourth-order valence-corrected chi connectivity index (χ4v) is 3.22. The van der Waals surface area contributed by atoms with Gasteiger partial charge in [-0.15, -0.1) is 0 Å². The summed E-state index contributed by atoms with van der Waals surface area (Å²) in [5.74, 6) is -1.40. The first-order chi connectivity index (χ1) is 11.6. The van der Waals surface area contributed by atoms with E-state index in [4.69, 9.17) is 5.11 Å². The van der Waals surface area contributed by atoms with Crippen LogP contribution in [0.25, 0.3) is 5.57 Å². The number of hydrogen-bond donors (Lipinski definition) is 1. The molecule has 0 saturated carbocycles. The number of carboxylic acid groups (broad SMARTS) is 1. The Morgan fingerprint density at radius 3 is 2.52 bits per heavy atom. The number of aliphatic carboxylic acids is 1. The van der Waals surface area contributed by atoms with Crippen LogP contribution in [0.5, 0.6) is 0 Å². The Labute approximate surface area is 149 Å². The Hall–Kier alpha value is -2.36. The molecular weight excluding hydrogens is 317 g/mol. The van der Waals surface area contributed by atoms with Crippen LogP contribution in [-0.4, -0.2) is 24.2 Å². The SMILES string of the molecule is CC(C=CC(F)=C(C)c1ccc2c(c1)C(C)(C)C(C)N2C)=CC(=O)O. The van der Waals surface area contributed by atoms with E-state index >= 15 is 0 Å². The van der Waals surface area contributed by atoms with Crippen molar-refractivity contribution < 1.29 is 14.3 Å². The van der Waals surface area contributed by atoms with E-state index in [-0.39, 0.29) is 11.2 Å². The summed E-state index contributed by atoms with van der Waals surface area (Å²) in [5.41, 5.74) is 4.27. The van der Waals surface area contributed by atoms with Crippen LogP contribution in [0, 0.1) is 0 Å². The van der Waals surface area contributed by atoms with Gasteiger partial charge in [0.25, 0.3) is 0 Å². The summed E-state index contributed by atoms with van der Waals surface area (Å²) >= 11 is 0. The van der Waals surface area contributed by atoms with Crippen molar-refractivity contribution in [1.29, 1.82) is 0 Å². The third-order valence-electron chi connectivity index (χ3n) is 5.33. The Kier molecular flexibility index (Phi) is 5.21. The number of benzene rings is 1. The second kappa shape index (κ2) is 6.87. The van der Waals surface area contributed by atoms with Crippen LogP contribution < -0.4 is 4.90 Å². The van der Waals surface area contributed by atoms with E-state index in [0.717, 1.165) is 11.6 Å². The second-order valence-corrected chi connectivity index (χ2v) is 7.27. The van der Waals surface area contributed by atoms with Crippen molar-refractivity contribution in [3.63, 3.8) is 0 Å². The summed E-state index contributed by atoms with van der Waals surface area (Å²) < 4.78 is 14.5. The van der Waals surface area contributed by atoms with E-state index < -0.39 is 5.97 Å². The quantitative estimate of drug-likeness (QED) is 0.611. The average molecular weight is 343 g/mol. The number of nitrogens with zero attached hydrogens (tertiary/aromatic N) is 1. The lowest BCUT2D eigenvalue weighted by atomic mass is 9.80. The smallest absolute Gasteiger partial charge is 0.328 e. The van der Waals surface area contributed by atoms with E-state index in [9.17, 15) is 9.18 Å². The maximum Gasteiger partial charge on any atom is 0.328 e. The van der Waals surface area contributed by atoms with Crippen molar-refractivity contribution in [3.8, 4) is 0 Å². The number of hydrogen-bond acceptors (Lipinski definition) is 2. The minimum Gasteiger partial charge on any atom is -0.478 e. The van der Waals surface area contributed by atoms with Gasteiger partial charge in [0.2, 0.25) is 0 Å². The molecule has 25 heavy (non-hydrogen) atoms. The molecule has 3 nitrogen and oxygen atoms in total. The molecule has 1 aliphatic rings. The molecule has 0 aromatic heterocycles. The zero-order valence-electron chi connectivity index (χ0n) is 15.7. The molecule has 1 N–H and O–H groups in total. The number of anilines is 1. The lowest BCUT2D eigenvalue weighted by molar-refractivity contribution is -0.131. The van der Waals surface area contributed by atoms with Crippen molar-refractivity contribution in [1.82, 2.24) is 0 Å². The maximum atomic E-state index is 14.5. The summed E-state index contributed by atoms with van der Waals surface area (Å²) in [5, 5.41) is 8.70. The van der Waals surface area contributed by atoms with Gasteiger partial charge in [-0.2, -0.15) is 0 Å². The van der Waals surface area contributed by atoms with Crippen LogP contribution in [0.15, 0.2) is 47.8 Å². The molecule has 0 amide bonds. The third-order valence-corrected chi connectivity index (χ3v) is 5.33. The van der Waals surface area contributed by atoms with Gasteiger partial charge in [-0.05, 0) is 61.3 Å². The summed E-state index contributed by atoms with van der Waals surface area (Å²) in [7, 11) is 2.08. The van der Waals surface area contributed by atoms with Gasteiger partial charge in [-0.1, -0.05) is 26.0 Å². The van der Waals surface area contributed by atoms with Crippen LogP contribution in [0.3, 0.4) is 0 Å². The average Bonchev–Trinajstić information content (AvgIpc) is 2.72. The van der Waals surface area contributed by atoms with Gasteiger partial charge < -0.3 is 10.0 Å². The molecule has 2 rings (SSSR count). The fraction of sp³-hybridized carbons (Fsp3) is 0.381.